The second kappa shape index (κ2) is 8.41. The number of nitrogens with zero attached hydrogens (tertiary/aromatic N) is 3. The molecule has 174 valence electrons. The van der Waals surface area contributed by atoms with E-state index in [0.717, 1.165) is 52.0 Å². The van der Waals surface area contributed by atoms with Crippen LogP contribution >= 0.6 is 0 Å². The molecule has 0 unspecified atom stereocenters. The summed E-state index contributed by atoms with van der Waals surface area (Å²) in [4.78, 5) is 9.50. The smallest absolute Gasteiger partial charge is 0.234 e. The number of halogens is 1. The molecule has 1 aliphatic carbocycles. The van der Waals surface area contributed by atoms with Gasteiger partial charge in [0.05, 0.1) is 24.2 Å². The molecule has 1 fully saturated rings. The maximum Gasteiger partial charge on any atom is 0.234 e. The highest BCUT2D eigenvalue weighted by Gasteiger charge is 2.34. The van der Waals surface area contributed by atoms with Crippen LogP contribution in [0.3, 0.4) is 0 Å². The minimum Gasteiger partial charge on any atom is -0.392 e. The number of fused-ring (bicyclic) bond motifs is 1. The average Bonchev–Trinajstić information content (AvgIpc) is 3.30. The Balaban J connectivity index is 1.51. The second-order valence-corrected chi connectivity index (χ2v) is 9.23. The molecule has 6 heteroatoms. The number of benzene rings is 3. The summed E-state index contributed by atoms with van der Waals surface area (Å²) < 4.78 is 15.9. The molecule has 0 spiro atoms. The summed E-state index contributed by atoms with van der Waals surface area (Å²) in [6, 6.07) is 23.2. The Hall–Kier alpha value is -3.87. The summed E-state index contributed by atoms with van der Waals surface area (Å²) in [5, 5.41) is 9.52. The lowest BCUT2D eigenvalue weighted by Gasteiger charge is -2.38. The molecular formula is C29H25FN4O. The first-order valence-electron chi connectivity index (χ1n) is 11.8. The van der Waals surface area contributed by atoms with Crippen molar-refractivity contribution in [2.75, 3.05) is 0 Å². The fourth-order valence-corrected chi connectivity index (χ4v) is 4.84. The lowest BCUT2D eigenvalue weighted by Crippen LogP contribution is -2.43. The molecular weight excluding hydrogens is 439 g/mol. The molecule has 0 aliphatic heterocycles. The van der Waals surface area contributed by atoms with E-state index in [1.54, 1.807) is 18.3 Å². The van der Waals surface area contributed by atoms with Gasteiger partial charge in [0.25, 0.3) is 0 Å². The summed E-state index contributed by atoms with van der Waals surface area (Å²) in [5.74, 6) is 0.114. The second-order valence-electron chi connectivity index (χ2n) is 9.23. The highest BCUT2D eigenvalue weighted by molar-refractivity contribution is 5.82. The standard InChI is InChI=1S/C29H25FN4O/c30-25-12-9-21(15-22(25)18-35)26-16-32-28-33-27(24(17-34(26)28)19-5-2-1-3-6-19)20-7-10-23(11-8-20)29(31)13-4-14-29/h1-3,5-12,15-17,35H,4,13-14,18,31H2. The SMILES string of the molecule is NC1(c2ccc(-c3nc4ncc(-c5ccc(F)c(CO)c5)n4cc3-c3ccccc3)cc2)CCC1. The van der Waals surface area contributed by atoms with Crippen LogP contribution in [0.25, 0.3) is 39.4 Å². The fourth-order valence-electron chi connectivity index (χ4n) is 4.84. The zero-order chi connectivity index (χ0) is 24.0. The predicted molar refractivity (Wildman–Crippen MR) is 135 cm³/mol. The number of imidazole rings is 1. The van der Waals surface area contributed by atoms with Crippen LogP contribution in [0.1, 0.15) is 30.4 Å². The number of aliphatic hydroxyl groups excluding tert-OH is 1. The minimum atomic E-state index is -0.430. The minimum absolute atomic E-state index is 0.210. The molecule has 2 heterocycles. The average molecular weight is 465 g/mol. The molecule has 35 heavy (non-hydrogen) atoms. The monoisotopic (exact) mass is 464 g/mol. The normalized spacial score (nSPS) is 14.7. The molecule has 5 aromatic rings. The van der Waals surface area contributed by atoms with Crippen LogP contribution in [-0.2, 0) is 12.1 Å². The van der Waals surface area contributed by atoms with E-state index in [2.05, 4.69) is 41.4 Å². The van der Waals surface area contributed by atoms with E-state index in [1.807, 2.05) is 28.8 Å². The summed E-state index contributed by atoms with van der Waals surface area (Å²) in [5.41, 5.74) is 13.1. The third-order valence-corrected chi connectivity index (χ3v) is 7.08. The van der Waals surface area contributed by atoms with Gasteiger partial charge in [-0.2, -0.15) is 0 Å². The van der Waals surface area contributed by atoms with Gasteiger partial charge in [0, 0.05) is 34.0 Å². The Bertz CT molecular complexity index is 1520. The van der Waals surface area contributed by atoms with Gasteiger partial charge in [-0.25, -0.2) is 14.4 Å². The van der Waals surface area contributed by atoms with Crippen LogP contribution in [0, 0.1) is 5.82 Å². The van der Waals surface area contributed by atoms with Crippen molar-refractivity contribution < 1.29 is 9.50 Å². The maximum atomic E-state index is 14.0. The molecule has 1 aliphatic rings. The zero-order valence-electron chi connectivity index (χ0n) is 19.2. The van der Waals surface area contributed by atoms with Crippen molar-refractivity contribution in [3.8, 4) is 33.6 Å². The van der Waals surface area contributed by atoms with E-state index in [-0.39, 0.29) is 17.7 Å². The van der Waals surface area contributed by atoms with Crippen LogP contribution in [0.5, 0.6) is 0 Å². The zero-order valence-corrected chi connectivity index (χ0v) is 19.2. The number of aromatic nitrogens is 3. The van der Waals surface area contributed by atoms with Crippen molar-refractivity contribution in [1.29, 1.82) is 0 Å². The van der Waals surface area contributed by atoms with Gasteiger partial charge in [0.1, 0.15) is 5.82 Å². The summed E-state index contributed by atoms with van der Waals surface area (Å²) in [6.07, 6.45) is 6.97. The van der Waals surface area contributed by atoms with E-state index < -0.39 is 5.82 Å². The van der Waals surface area contributed by atoms with Crippen molar-refractivity contribution in [3.05, 3.63) is 102 Å². The Morgan fingerprint density at radius 1 is 0.943 bits per heavy atom. The van der Waals surface area contributed by atoms with Gasteiger partial charge in [-0.3, -0.25) is 4.40 Å². The van der Waals surface area contributed by atoms with Crippen LogP contribution in [0.4, 0.5) is 4.39 Å². The first-order chi connectivity index (χ1) is 17.1. The highest BCUT2D eigenvalue weighted by Crippen LogP contribution is 2.40. The van der Waals surface area contributed by atoms with Crippen LogP contribution in [0.15, 0.2) is 85.2 Å². The Kier molecular flexibility index (Phi) is 5.20. The van der Waals surface area contributed by atoms with Gasteiger partial charge in [0.2, 0.25) is 5.78 Å². The Morgan fingerprint density at radius 2 is 1.69 bits per heavy atom. The lowest BCUT2D eigenvalue weighted by atomic mass is 9.72. The Morgan fingerprint density at radius 3 is 2.37 bits per heavy atom. The molecule has 2 aromatic heterocycles. The van der Waals surface area contributed by atoms with Gasteiger partial charge >= 0.3 is 0 Å². The van der Waals surface area contributed by atoms with Crippen molar-refractivity contribution in [2.24, 2.45) is 5.73 Å². The first kappa shape index (κ1) is 21.6. The van der Waals surface area contributed by atoms with E-state index in [1.165, 1.54) is 12.5 Å². The fraction of sp³-hybridized carbons (Fsp3) is 0.172. The molecule has 3 N–H and O–H groups in total. The molecule has 3 aromatic carbocycles. The van der Waals surface area contributed by atoms with Crippen molar-refractivity contribution in [2.45, 2.75) is 31.4 Å². The topological polar surface area (TPSA) is 76.4 Å². The molecule has 0 amide bonds. The van der Waals surface area contributed by atoms with E-state index in [9.17, 15) is 9.50 Å². The molecule has 6 rings (SSSR count). The molecule has 5 nitrogen and oxygen atoms in total. The highest BCUT2D eigenvalue weighted by atomic mass is 19.1. The third kappa shape index (κ3) is 3.71. The van der Waals surface area contributed by atoms with Crippen molar-refractivity contribution >= 4 is 5.78 Å². The van der Waals surface area contributed by atoms with Gasteiger partial charge in [-0.15, -0.1) is 0 Å². The van der Waals surface area contributed by atoms with Crippen LogP contribution in [0.2, 0.25) is 0 Å². The number of nitrogens with two attached hydrogens (primary N) is 1. The van der Waals surface area contributed by atoms with E-state index in [0.29, 0.717) is 5.78 Å². The van der Waals surface area contributed by atoms with Crippen molar-refractivity contribution in [3.63, 3.8) is 0 Å². The molecule has 0 saturated heterocycles. The quantitative estimate of drug-likeness (QED) is 0.350. The first-order valence-corrected chi connectivity index (χ1v) is 11.8. The number of hydrogen-bond donors (Lipinski definition) is 2. The van der Waals surface area contributed by atoms with Gasteiger partial charge in [-0.05, 0) is 48.6 Å². The van der Waals surface area contributed by atoms with Crippen LogP contribution in [-0.4, -0.2) is 19.5 Å². The number of hydrogen-bond acceptors (Lipinski definition) is 4. The molecule has 0 radical (unpaired) electrons. The van der Waals surface area contributed by atoms with Crippen molar-refractivity contribution in [1.82, 2.24) is 14.4 Å². The lowest BCUT2D eigenvalue weighted by molar-refractivity contribution is 0.253. The molecule has 0 bridgehead atoms. The van der Waals surface area contributed by atoms with Crippen LogP contribution < -0.4 is 5.73 Å². The Labute approximate surface area is 202 Å². The van der Waals surface area contributed by atoms with Gasteiger partial charge < -0.3 is 10.8 Å². The van der Waals surface area contributed by atoms with Gasteiger partial charge in [0.15, 0.2) is 0 Å². The third-order valence-electron chi connectivity index (χ3n) is 7.08. The number of aliphatic hydroxyl groups is 1. The molecule has 0 atom stereocenters. The summed E-state index contributed by atoms with van der Waals surface area (Å²) in [7, 11) is 0. The number of rotatable bonds is 5. The summed E-state index contributed by atoms with van der Waals surface area (Å²) in [6.45, 7) is -0.367. The van der Waals surface area contributed by atoms with E-state index in [4.69, 9.17) is 10.7 Å². The van der Waals surface area contributed by atoms with E-state index >= 15 is 0 Å². The molecule has 1 saturated carbocycles. The predicted octanol–water partition coefficient (Wildman–Crippen LogP) is 5.70. The largest absolute Gasteiger partial charge is 0.392 e. The maximum absolute atomic E-state index is 14.0. The summed E-state index contributed by atoms with van der Waals surface area (Å²) >= 11 is 0. The van der Waals surface area contributed by atoms with Gasteiger partial charge in [-0.1, -0.05) is 54.6 Å².